The average molecular weight is 281 g/mol. The maximum absolute atomic E-state index is 6.58. The van der Waals surface area contributed by atoms with Crippen LogP contribution < -0.4 is 10.5 Å². The zero-order chi connectivity index (χ0) is 14.8. The van der Waals surface area contributed by atoms with Gasteiger partial charge in [-0.3, -0.25) is 0 Å². The number of hydrogen-bond acceptors (Lipinski definition) is 2. The van der Waals surface area contributed by atoms with E-state index < -0.39 is 0 Å². The van der Waals surface area contributed by atoms with Gasteiger partial charge in [-0.1, -0.05) is 42.5 Å². The Morgan fingerprint density at radius 3 is 2.14 bits per heavy atom. The highest BCUT2D eigenvalue weighted by Gasteiger charge is 2.28. The zero-order valence-corrected chi connectivity index (χ0v) is 12.8. The summed E-state index contributed by atoms with van der Waals surface area (Å²) >= 11 is 0. The largest absolute Gasteiger partial charge is 0.491 e. The van der Waals surface area contributed by atoms with E-state index in [2.05, 4.69) is 30.3 Å². The molecule has 2 N–H and O–H groups in total. The van der Waals surface area contributed by atoms with Crippen LogP contribution in [0.4, 0.5) is 0 Å². The topological polar surface area (TPSA) is 35.2 Å². The summed E-state index contributed by atoms with van der Waals surface area (Å²) in [6, 6.07) is 16.9. The minimum Gasteiger partial charge on any atom is -0.491 e. The second kappa shape index (κ2) is 5.90. The molecule has 1 aliphatic rings. The fourth-order valence-corrected chi connectivity index (χ4v) is 3.22. The Morgan fingerprint density at radius 1 is 0.952 bits per heavy atom. The molecule has 0 spiro atoms. The summed E-state index contributed by atoms with van der Waals surface area (Å²) in [7, 11) is 0. The predicted octanol–water partition coefficient (Wildman–Crippen LogP) is 3.89. The van der Waals surface area contributed by atoms with Crippen LogP contribution in [0.3, 0.4) is 0 Å². The van der Waals surface area contributed by atoms with Crippen molar-refractivity contribution in [3.8, 4) is 5.75 Å². The molecule has 2 aromatic carbocycles. The standard InChI is InChI=1S/C19H23NO/c1-13(2)21-18-10-6-5-9-17(18)19(20)16-11-14-7-3-4-8-15(14)12-16/h3-10,13,16,19H,11-12,20H2,1-2H3. The molecule has 2 aromatic rings. The number of hydrogen-bond donors (Lipinski definition) is 1. The van der Waals surface area contributed by atoms with Gasteiger partial charge in [0.2, 0.25) is 0 Å². The number of para-hydroxylation sites is 1. The van der Waals surface area contributed by atoms with E-state index in [1.54, 1.807) is 0 Å². The summed E-state index contributed by atoms with van der Waals surface area (Å²) in [5.74, 6) is 1.38. The van der Waals surface area contributed by atoms with Crippen LogP contribution in [0.15, 0.2) is 48.5 Å². The second-order valence-corrected chi connectivity index (χ2v) is 6.17. The van der Waals surface area contributed by atoms with Crippen LogP contribution in [-0.2, 0) is 12.8 Å². The Morgan fingerprint density at radius 2 is 1.52 bits per heavy atom. The van der Waals surface area contributed by atoms with E-state index in [1.165, 1.54) is 11.1 Å². The second-order valence-electron chi connectivity index (χ2n) is 6.17. The molecule has 2 heteroatoms. The average Bonchev–Trinajstić information content (AvgIpc) is 2.90. The number of benzene rings is 2. The monoisotopic (exact) mass is 281 g/mol. The van der Waals surface area contributed by atoms with Crippen molar-refractivity contribution in [3.05, 3.63) is 65.2 Å². The van der Waals surface area contributed by atoms with Crippen molar-refractivity contribution in [2.75, 3.05) is 0 Å². The van der Waals surface area contributed by atoms with Crippen LogP contribution in [-0.4, -0.2) is 6.10 Å². The lowest BCUT2D eigenvalue weighted by Crippen LogP contribution is -2.23. The molecule has 0 bridgehead atoms. The first kappa shape index (κ1) is 14.2. The molecule has 0 radical (unpaired) electrons. The fourth-order valence-electron chi connectivity index (χ4n) is 3.22. The van der Waals surface area contributed by atoms with Crippen molar-refractivity contribution in [1.82, 2.24) is 0 Å². The minimum atomic E-state index is 0.0207. The van der Waals surface area contributed by atoms with Gasteiger partial charge in [0.1, 0.15) is 5.75 Å². The molecule has 0 heterocycles. The normalized spacial score (nSPS) is 16.0. The third-order valence-corrected chi connectivity index (χ3v) is 4.23. The number of fused-ring (bicyclic) bond motifs is 1. The summed E-state index contributed by atoms with van der Waals surface area (Å²) in [6.07, 6.45) is 2.29. The van der Waals surface area contributed by atoms with E-state index in [-0.39, 0.29) is 12.1 Å². The lowest BCUT2D eigenvalue weighted by Gasteiger charge is -2.23. The van der Waals surface area contributed by atoms with Gasteiger partial charge in [-0.05, 0) is 49.8 Å². The Balaban J connectivity index is 1.82. The number of nitrogens with two attached hydrogens (primary N) is 1. The smallest absolute Gasteiger partial charge is 0.124 e. The van der Waals surface area contributed by atoms with Gasteiger partial charge >= 0.3 is 0 Å². The third-order valence-electron chi connectivity index (χ3n) is 4.23. The highest BCUT2D eigenvalue weighted by Crippen LogP contribution is 2.37. The van der Waals surface area contributed by atoms with E-state index in [0.29, 0.717) is 5.92 Å². The molecule has 110 valence electrons. The Labute approximate surface area is 126 Å². The molecule has 3 rings (SSSR count). The van der Waals surface area contributed by atoms with Crippen molar-refractivity contribution in [3.63, 3.8) is 0 Å². The van der Waals surface area contributed by atoms with E-state index in [4.69, 9.17) is 10.5 Å². The Bertz CT molecular complexity index is 595. The predicted molar refractivity (Wildman–Crippen MR) is 86.5 cm³/mol. The van der Waals surface area contributed by atoms with Crippen molar-refractivity contribution in [2.45, 2.75) is 38.8 Å². The molecule has 21 heavy (non-hydrogen) atoms. The van der Waals surface area contributed by atoms with Crippen LogP contribution in [0.1, 0.15) is 36.6 Å². The summed E-state index contributed by atoms with van der Waals surface area (Å²) in [5.41, 5.74) is 10.6. The van der Waals surface area contributed by atoms with Gasteiger partial charge in [0.05, 0.1) is 6.10 Å². The van der Waals surface area contributed by atoms with Crippen LogP contribution in [0.2, 0.25) is 0 Å². The molecule has 2 nitrogen and oxygen atoms in total. The molecule has 1 unspecified atom stereocenters. The third kappa shape index (κ3) is 2.96. The van der Waals surface area contributed by atoms with Gasteiger partial charge in [0, 0.05) is 11.6 Å². The maximum Gasteiger partial charge on any atom is 0.124 e. The molecule has 1 atom stereocenters. The van der Waals surface area contributed by atoms with Gasteiger partial charge in [-0.25, -0.2) is 0 Å². The van der Waals surface area contributed by atoms with Crippen molar-refractivity contribution >= 4 is 0 Å². The molecule has 0 fully saturated rings. The van der Waals surface area contributed by atoms with Crippen molar-refractivity contribution < 1.29 is 4.74 Å². The highest BCUT2D eigenvalue weighted by molar-refractivity contribution is 5.39. The van der Waals surface area contributed by atoms with Gasteiger partial charge in [0.15, 0.2) is 0 Å². The fraction of sp³-hybridized carbons (Fsp3) is 0.368. The molecule has 0 saturated carbocycles. The lowest BCUT2D eigenvalue weighted by atomic mass is 9.91. The summed E-state index contributed by atoms with van der Waals surface area (Å²) < 4.78 is 5.92. The first-order valence-corrected chi connectivity index (χ1v) is 7.73. The van der Waals surface area contributed by atoms with Crippen LogP contribution in [0, 0.1) is 5.92 Å². The van der Waals surface area contributed by atoms with E-state index in [9.17, 15) is 0 Å². The van der Waals surface area contributed by atoms with Crippen molar-refractivity contribution in [2.24, 2.45) is 11.7 Å². The van der Waals surface area contributed by atoms with E-state index in [0.717, 1.165) is 24.2 Å². The summed E-state index contributed by atoms with van der Waals surface area (Å²) in [4.78, 5) is 0. The van der Waals surface area contributed by atoms with Crippen LogP contribution in [0.25, 0.3) is 0 Å². The molecule has 0 aromatic heterocycles. The summed E-state index contributed by atoms with van der Waals surface area (Å²) in [6.45, 7) is 4.10. The maximum atomic E-state index is 6.58. The van der Waals surface area contributed by atoms with Gasteiger partial charge in [-0.2, -0.15) is 0 Å². The quantitative estimate of drug-likeness (QED) is 0.922. The molecule has 1 aliphatic carbocycles. The SMILES string of the molecule is CC(C)Oc1ccccc1C(N)C1Cc2ccccc2C1. The minimum absolute atomic E-state index is 0.0207. The number of ether oxygens (including phenoxy) is 1. The first-order chi connectivity index (χ1) is 10.1. The Kier molecular flexibility index (Phi) is 3.98. The van der Waals surface area contributed by atoms with E-state index >= 15 is 0 Å². The molecule has 0 saturated heterocycles. The molecular formula is C19H23NO. The molecular weight excluding hydrogens is 258 g/mol. The van der Waals surface area contributed by atoms with Gasteiger partial charge in [0.25, 0.3) is 0 Å². The van der Waals surface area contributed by atoms with Gasteiger partial charge < -0.3 is 10.5 Å². The molecule has 0 amide bonds. The van der Waals surface area contributed by atoms with Crippen LogP contribution >= 0.6 is 0 Å². The lowest BCUT2D eigenvalue weighted by molar-refractivity contribution is 0.236. The number of rotatable bonds is 4. The molecule has 0 aliphatic heterocycles. The van der Waals surface area contributed by atoms with E-state index in [1.807, 2.05) is 32.0 Å². The first-order valence-electron chi connectivity index (χ1n) is 7.73. The zero-order valence-electron chi connectivity index (χ0n) is 12.8. The highest BCUT2D eigenvalue weighted by atomic mass is 16.5. The van der Waals surface area contributed by atoms with Gasteiger partial charge in [-0.15, -0.1) is 0 Å². The van der Waals surface area contributed by atoms with Crippen molar-refractivity contribution in [1.29, 1.82) is 0 Å². The van der Waals surface area contributed by atoms with Crippen LogP contribution in [0.5, 0.6) is 5.75 Å². The summed E-state index contributed by atoms with van der Waals surface area (Å²) in [5, 5.41) is 0. The Hall–Kier alpha value is -1.80.